The number of nitrogens with zero attached hydrogens (tertiary/aromatic N) is 3. The highest BCUT2D eigenvalue weighted by atomic mass is 19.1. The second-order valence-corrected chi connectivity index (χ2v) is 8.82. The van der Waals surface area contributed by atoms with Gasteiger partial charge < -0.3 is 14.9 Å². The molecule has 0 aromatic rings. The van der Waals surface area contributed by atoms with Crippen LogP contribution in [-0.4, -0.2) is 83.9 Å². The topological polar surface area (TPSA) is 47.0 Å². The molecule has 1 amide bonds. The number of hydrogen-bond acceptors (Lipinski definition) is 3. The summed E-state index contributed by atoms with van der Waals surface area (Å²) >= 11 is 0. The van der Waals surface area contributed by atoms with Crippen LogP contribution < -0.4 is 0 Å². The van der Waals surface area contributed by atoms with Crippen LogP contribution in [0.15, 0.2) is 0 Å². The first-order valence-corrected chi connectivity index (χ1v) is 10.1. The second kappa shape index (κ2) is 7.03. The lowest BCUT2D eigenvalue weighted by Gasteiger charge is -2.52. The molecule has 0 bridgehead atoms. The van der Waals surface area contributed by atoms with Crippen LogP contribution in [0, 0.1) is 11.3 Å². The average Bonchev–Trinajstić information content (AvgIpc) is 3.21. The highest BCUT2D eigenvalue weighted by molar-refractivity contribution is 5.65. The van der Waals surface area contributed by atoms with Crippen LogP contribution in [0.5, 0.6) is 0 Å². The molecule has 1 atom stereocenters. The summed E-state index contributed by atoms with van der Waals surface area (Å²) in [6.45, 7) is 5.30. The molecule has 1 spiro atoms. The Kier molecular flexibility index (Phi) is 4.93. The number of rotatable bonds is 4. The number of piperidine rings is 1. The minimum absolute atomic E-state index is 0.215. The molecule has 6 heteroatoms. The first kappa shape index (κ1) is 17.5. The van der Waals surface area contributed by atoms with Gasteiger partial charge in [0, 0.05) is 31.7 Å². The fourth-order valence-corrected chi connectivity index (χ4v) is 6.07. The molecule has 1 N–H and O–H groups in total. The number of likely N-dealkylation sites (tertiary alicyclic amines) is 3. The van der Waals surface area contributed by atoms with Crippen molar-refractivity contribution >= 4 is 6.09 Å². The summed E-state index contributed by atoms with van der Waals surface area (Å²) in [6.07, 6.45) is 7.63. The predicted octanol–water partition coefficient (Wildman–Crippen LogP) is 2.66. The molecule has 0 aromatic carbocycles. The van der Waals surface area contributed by atoms with E-state index in [1.54, 1.807) is 4.90 Å². The first-order chi connectivity index (χ1) is 12.1. The summed E-state index contributed by atoms with van der Waals surface area (Å²) in [7, 11) is 0. The maximum absolute atomic E-state index is 12.7. The lowest BCUT2D eigenvalue weighted by molar-refractivity contribution is -0.0154. The van der Waals surface area contributed by atoms with E-state index in [9.17, 15) is 9.18 Å². The molecule has 3 aliphatic heterocycles. The molecule has 1 aliphatic carbocycles. The van der Waals surface area contributed by atoms with Crippen LogP contribution in [-0.2, 0) is 0 Å². The molecule has 0 unspecified atom stereocenters. The smallest absolute Gasteiger partial charge is 0.407 e. The fourth-order valence-electron chi connectivity index (χ4n) is 6.07. The number of alkyl halides is 1. The summed E-state index contributed by atoms with van der Waals surface area (Å²) in [5, 5.41) is 9.16. The largest absolute Gasteiger partial charge is 0.465 e. The van der Waals surface area contributed by atoms with Crippen LogP contribution >= 0.6 is 0 Å². The van der Waals surface area contributed by atoms with Gasteiger partial charge in [-0.3, -0.25) is 4.90 Å². The third-order valence-electron chi connectivity index (χ3n) is 7.47. The Bertz CT molecular complexity index is 489. The molecular formula is C19H32FN3O2. The highest BCUT2D eigenvalue weighted by Gasteiger charge is 2.51. The van der Waals surface area contributed by atoms with E-state index >= 15 is 0 Å². The second-order valence-electron chi connectivity index (χ2n) is 8.82. The van der Waals surface area contributed by atoms with Gasteiger partial charge in [-0.2, -0.15) is 0 Å². The van der Waals surface area contributed by atoms with Crippen LogP contribution in [0.25, 0.3) is 0 Å². The molecule has 0 aromatic heterocycles. The number of carbonyl (C=O) groups is 1. The monoisotopic (exact) mass is 353 g/mol. The van der Waals surface area contributed by atoms with Gasteiger partial charge in [-0.05, 0) is 75.9 Å². The van der Waals surface area contributed by atoms with Gasteiger partial charge in [0.15, 0.2) is 0 Å². The van der Waals surface area contributed by atoms with Crippen LogP contribution in [0.2, 0.25) is 0 Å². The van der Waals surface area contributed by atoms with Crippen molar-refractivity contribution in [3.05, 3.63) is 0 Å². The van der Waals surface area contributed by atoms with E-state index in [2.05, 4.69) is 9.80 Å². The lowest BCUT2D eigenvalue weighted by Crippen LogP contribution is -2.55. The number of halogens is 1. The highest BCUT2D eigenvalue weighted by Crippen LogP contribution is 2.50. The van der Waals surface area contributed by atoms with E-state index < -0.39 is 6.09 Å². The molecular weight excluding hydrogens is 321 g/mol. The summed E-state index contributed by atoms with van der Waals surface area (Å²) in [5.41, 5.74) is 0.281. The zero-order valence-electron chi connectivity index (χ0n) is 15.2. The van der Waals surface area contributed by atoms with E-state index in [1.165, 1.54) is 51.6 Å². The molecule has 25 heavy (non-hydrogen) atoms. The first-order valence-electron chi connectivity index (χ1n) is 10.1. The van der Waals surface area contributed by atoms with Crippen molar-refractivity contribution in [2.75, 3.05) is 45.9 Å². The Labute approximate surface area is 150 Å². The Hall–Kier alpha value is -0.880. The number of carboxylic acid groups (broad SMARTS) is 1. The van der Waals surface area contributed by atoms with Crippen molar-refractivity contribution in [3.63, 3.8) is 0 Å². The Morgan fingerprint density at radius 1 is 1.12 bits per heavy atom. The van der Waals surface area contributed by atoms with Crippen molar-refractivity contribution in [1.29, 1.82) is 0 Å². The van der Waals surface area contributed by atoms with Gasteiger partial charge >= 0.3 is 6.09 Å². The zero-order valence-corrected chi connectivity index (χ0v) is 15.2. The van der Waals surface area contributed by atoms with Crippen LogP contribution in [0.1, 0.15) is 44.9 Å². The normalized spacial score (nSPS) is 37.7. The minimum Gasteiger partial charge on any atom is -0.465 e. The summed E-state index contributed by atoms with van der Waals surface area (Å²) < 4.78 is 12.7. The molecule has 3 saturated heterocycles. The lowest BCUT2D eigenvalue weighted by atomic mass is 9.64. The van der Waals surface area contributed by atoms with Crippen molar-refractivity contribution in [3.8, 4) is 0 Å². The number of hydrogen-bond donors (Lipinski definition) is 1. The maximum Gasteiger partial charge on any atom is 0.407 e. The Morgan fingerprint density at radius 2 is 1.88 bits per heavy atom. The van der Waals surface area contributed by atoms with Gasteiger partial charge in [-0.1, -0.05) is 0 Å². The predicted molar refractivity (Wildman–Crippen MR) is 94.5 cm³/mol. The maximum atomic E-state index is 12.7. The van der Waals surface area contributed by atoms with Gasteiger partial charge in [-0.25, -0.2) is 9.18 Å². The van der Waals surface area contributed by atoms with Gasteiger partial charge in [0.25, 0.3) is 0 Å². The molecule has 142 valence electrons. The van der Waals surface area contributed by atoms with Crippen molar-refractivity contribution in [1.82, 2.24) is 14.7 Å². The molecule has 4 fully saturated rings. The summed E-state index contributed by atoms with van der Waals surface area (Å²) in [4.78, 5) is 17.8. The Morgan fingerprint density at radius 3 is 2.52 bits per heavy atom. The number of amides is 1. The van der Waals surface area contributed by atoms with Gasteiger partial charge in [-0.15, -0.1) is 0 Å². The van der Waals surface area contributed by atoms with Crippen molar-refractivity contribution in [2.45, 2.75) is 57.0 Å². The van der Waals surface area contributed by atoms with E-state index in [0.717, 1.165) is 32.0 Å². The summed E-state index contributed by atoms with van der Waals surface area (Å²) in [6, 6.07) is 1.28. The quantitative estimate of drug-likeness (QED) is 0.844. The molecule has 0 radical (unpaired) electrons. The van der Waals surface area contributed by atoms with E-state index in [1.807, 2.05) is 0 Å². The van der Waals surface area contributed by atoms with Gasteiger partial charge in [0.2, 0.25) is 0 Å². The van der Waals surface area contributed by atoms with E-state index in [-0.39, 0.29) is 12.1 Å². The van der Waals surface area contributed by atoms with E-state index in [4.69, 9.17) is 5.11 Å². The van der Waals surface area contributed by atoms with Crippen molar-refractivity contribution < 1.29 is 14.3 Å². The molecule has 4 aliphatic rings. The Balaban J connectivity index is 1.23. The SMILES string of the molecule is O=C(O)N1CCC2(CC(N3CCC([C@@H]4CCCN4CCF)CC3)C2)C1. The average molecular weight is 353 g/mol. The summed E-state index contributed by atoms with van der Waals surface area (Å²) in [5.74, 6) is 0.744. The van der Waals surface area contributed by atoms with Gasteiger partial charge in [0.1, 0.15) is 6.67 Å². The fraction of sp³-hybridized carbons (Fsp3) is 0.947. The van der Waals surface area contributed by atoms with Crippen molar-refractivity contribution in [2.24, 2.45) is 11.3 Å². The van der Waals surface area contributed by atoms with Crippen LogP contribution in [0.4, 0.5) is 9.18 Å². The molecule has 1 saturated carbocycles. The third-order valence-corrected chi connectivity index (χ3v) is 7.47. The van der Waals surface area contributed by atoms with Gasteiger partial charge in [0.05, 0.1) is 0 Å². The molecule has 5 nitrogen and oxygen atoms in total. The van der Waals surface area contributed by atoms with Crippen LogP contribution in [0.3, 0.4) is 0 Å². The van der Waals surface area contributed by atoms with E-state index in [0.29, 0.717) is 18.6 Å². The molecule has 3 heterocycles. The zero-order chi connectivity index (χ0) is 17.4. The minimum atomic E-state index is -0.754. The molecule has 4 rings (SSSR count). The third kappa shape index (κ3) is 3.39. The standard InChI is InChI=1S/C19H32FN3O2/c20-6-11-22-7-1-2-17(22)15-3-8-21(9-4-15)16-12-19(13-16)5-10-23(14-19)18(24)25/h15-17H,1-14H2,(H,24,25)/t16?,17-,19?/m0/s1.